The second-order valence-electron chi connectivity index (χ2n) is 3.49. The van der Waals surface area contributed by atoms with E-state index in [1.807, 2.05) is 6.07 Å². The summed E-state index contributed by atoms with van der Waals surface area (Å²) >= 11 is 17.6. The van der Waals surface area contributed by atoms with E-state index >= 15 is 0 Å². The predicted molar refractivity (Wildman–Crippen MR) is 87.8 cm³/mol. The molecule has 94 valence electrons. The Bertz CT molecular complexity index is 607. The smallest absolute Gasteiger partial charge is 0.147 e. The standard InChI is InChI=1S/C12H7BrCl2INO/c13-7-4-9(15)12(5-8(7)14)18-11-2-1-6(17)3-10(11)16/h1-5H,17H2. The molecule has 0 atom stereocenters. The molecular weight excluding hydrogens is 452 g/mol. The number of halogens is 4. The van der Waals surface area contributed by atoms with E-state index in [0.717, 1.165) is 8.04 Å². The first-order valence-corrected chi connectivity index (χ1v) is 7.47. The summed E-state index contributed by atoms with van der Waals surface area (Å²) in [6.45, 7) is 0. The molecule has 0 fully saturated rings. The Labute approximate surface area is 137 Å². The van der Waals surface area contributed by atoms with Gasteiger partial charge in [0.1, 0.15) is 11.5 Å². The van der Waals surface area contributed by atoms with Gasteiger partial charge in [-0.15, -0.1) is 0 Å². The Hall–Kier alpha value is -0.170. The van der Waals surface area contributed by atoms with Gasteiger partial charge in [-0.2, -0.15) is 0 Å². The van der Waals surface area contributed by atoms with Crippen LogP contribution >= 0.6 is 61.7 Å². The Morgan fingerprint density at radius 2 is 1.78 bits per heavy atom. The Balaban J connectivity index is 2.37. The molecule has 0 aliphatic heterocycles. The minimum Gasteiger partial charge on any atom is -0.455 e. The number of rotatable bonds is 2. The fraction of sp³-hybridized carbons (Fsp3) is 0. The monoisotopic (exact) mass is 457 g/mol. The molecule has 0 saturated carbocycles. The molecule has 2 N–H and O–H groups in total. The quantitative estimate of drug-likeness (QED) is 0.354. The first kappa shape index (κ1) is 14.2. The van der Waals surface area contributed by atoms with Crippen LogP contribution in [0.15, 0.2) is 34.8 Å². The lowest BCUT2D eigenvalue weighted by atomic mass is 10.3. The van der Waals surface area contributed by atoms with Gasteiger partial charge in [-0.3, -0.25) is 0 Å². The average Bonchev–Trinajstić information content (AvgIpc) is 2.29. The van der Waals surface area contributed by atoms with E-state index in [0.29, 0.717) is 27.2 Å². The lowest BCUT2D eigenvalue weighted by molar-refractivity contribution is 0.479. The fourth-order valence-electron chi connectivity index (χ4n) is 1.30. The third kappa shape index (κ3) is 3.23. The highest BCUT2D eigenvalue weighted by molar-refractivity contribution is 14.1. The van der Waals surface area contributed by atoms with Gasteiger partial charge in [0.05, 0.1) is 13.6 Å². The molecule has 18 heavy (non-hydrogen) atoms. The summed E-state index contributed by atoms with van der Waals surface area (Å²) in [5.74, 6) is 1.19. The van der Waals surface area contributed by atoms with Gasteiger partial charge in [-0.25, -0.2) is 0 Å². The third-order valence-electron chi connectivity index (χ3n) is 2.15. The van der Waals surface area contributed by atoms with Gasteiger partial charge in [0.2, 0.25) is 0 Å². The summed E-state index contributed by atoms with van der Waals surface area (Å²) in [7, 11) is 0. The summed E-state index contributed by atoms with van der Waals surface area (Å²) in [5, 5.41) is 1.03. The van der Waals surface area contributed by atoms with Crippen LogP contribution in [0.2, 0.25) is 10.0 Å². The highest BCUT2D eigenvalue weighted by atomic mass is 127. The van der Waals surface area contributed by atoms with Gasteiger partial charge in [0, 0.05) is 16.2 Å². The number of nitrogen functional groups attached to an aromatic ring is 1. The van der Waals surface area contributed by atoms with Crippen LogP contribution in [0, 0.1) is 3.57 Å². The first-order valence-electron chi connectivity index (χ1n) is 4.85. The van der Waals surface area contributed by atoms with Gasteiger partial charge >= 0.3 is 0 Å². The molecule has 2 aromatic rings. The van der Waals surface area contributed by atoms with Crippen molar-refractivity contribution in [3.05, 3.63) is 48.4 Å². The van der Waals surface area contributed by atoms with Crippen LogP contribution in [0.5, 0.6) is 11.5 Å². The molecule has 0 radical (unpaired) electrons. The van der Waals surface area contributed by atoms with E-state index in [4.69, 9.17) is 33.7 Å². The van der Waals surface area contributed by atoms with Crippen LogP contribution in [0.3, 0.4) is 0 Å². The SMILES string of the molecule is Nc1ccc(Oc2cc(Cl)c(Br)cc2Cl)c(I)c1. The minimum atomic E-state index is 0.485. The van der Waals surface area contributed by atoms with Gasteiger partial charge in [-0.1, -0.05) is 23.2 Å². The van der Waals surface area contributed by atoms with E-state index in [2.05, 4.69) is 38.5 Å². The zero-order valence-electron chi connectivity index (χ0n) is 8.88. The average molecular weight is 459 g/mol. The van der Waals surface area contributed by atoms with Gasteiger partial charge in [0.15, 0.2) is 0 Å². The van der Waals surface area contributed by atoms with Gasteiger partial charge in [0.25, 0.3) is 0 Å². The van der Waals surface area contributed by atoms with Crippen molar-refractivity contribution >= 4 is 67.4 Å². The summed E-state index contributed by atoms with van der Waals surface area (Å²) < 4.78 is 7.37. The predicted octanol–water partition coefficient (Wildman–Crippen LogP) is 5.74. The maximum atomic E-state index is 6.09. The molecule has 0 heterocycles. The van der Waals surface area contributed by atoms with Crippen molar-refractivity contribution in [3.63, 3.8) is 0 Å². The molecule has 0 aromatic heterocycles. The topological polar surface area (TPSA) is 35.2 Å². The van der Waals surface area contributed by atoms with Crippen LogP contribution in [-0.2, 0) is 0 Å². The lowest BCUT2D eigenvalue weighted by Crippen LogP contribution is -1.91. The van der Waals surface area contributed by atoms with Crippen molar-refractivity contribution in [3.8, 4) is 11.5 Å². The van der Waals surface area contributed by atoms with E-state index in [1.165, 1.54) is 0 Å². The zero-order chi connectivity index (χ0) is 13.3. The maximum absolute atomic E-state index is 6.09. The van der Waals surface area contributed by atoms with E-state index in [-0.39, 0.29) is 0 Å². The number of hydrogen-bond donors (Lipinski definition) is 1. The summed E-state index contributed by atoms with van der Waals surface area (Å²) in [6, 6.07) is 8.75. The van der Waals surface area contributed by atoms with E-state index < -0.39 is 0 Å². The molecule has 0 bridgehead atoms. The number of ether oxygens (including phenoxy) is 1. The zero-order valence-corrected chi connectivity index (χ0v) is 14.1. The molecule has 0 amide bonds. The molecule has 2 aromatic carbocycles. The van der Waals surface area contributed by atoms with Crippen LogP contribution in [0.1, 0.15) is 0 Å². The second-order valence-corrected chi connectivity index (χ2v) is 6.32. The Kier molecular flexibility index (Phi) is 4.64. The van der Waals surface area contributed by atoms with Crippen LogP contribution < -0.4 is 10.5 Å². The highest BCUT2D eigenvalue weighted by Crippen LogP contribution is 2.37. The Morgan fingerprint density at radius 3 is 2.44 bits per heavy atom. The van der Waals surface area contributed by atoms with E-state index in [1.54, 1.807) is 24.3 Å². The molecule has 6 heteroatoms. The summed E-state index contributed by atoms with van der Waals surface area (Å²) in [4.78, 5) is 0. The fourth-order valence-corrected chi connectivity index (χ4v) is 2.78. The molecule has 0 saturated heterocycles. The maximum Gasteiger partial charge on any atom is 0.147 e. The second kappa shape index (κ2) is 5.86. The minimum absolute atomic E-state index is 0.485. The molecule has 0 aliphatic carbocycles. The van der Waals surface area contributed by atoms with Crippen molar-refractivity contribution in [2.75, 3.05) is 5.73 Å². The third-order valence-corrected chi connectivity index (χ3v) is 4.49. The summed E-state index contributed by atoms with van der Waals surface area (Å²) in [6.07, 6.45) is 0. The van der Waals surface area contributed by atoms with Crippen LogP contribution in [-0.4, -0.2) is 0 Å². The number of benzene rings is 2. The van der Waals surface area contributed by atoms with Crippen LogP contribution in [0.25, 0.3) is 0 Å². The number of nitrogens with two attached hydrogens (primary N) is 1. The van der Waals surface area contributed by atoms with Crippen molar-refractivity contribution < 1.29 is 4.74 Å². The molecule has 2 nitrogen and oxygen atoms in total. The summed E-state index contributed by atoms with van der Waals surface area (Å²) in [5.41, 5.74) is 6.37. The molecule has 0 unspecified atom stereocenters. The number of anilines is 1. The highest BCUT2D eigenvalue weighted by Gasteiger charge is 2.09. The number of hydrogen-bond acceptors (Lipinski definition) is 2. The van der Waals surface area contributed by atoms with Crippen molar-refractivity contribution in [2.24, 2.45) is 0 Å². The lowest BCUT2D eigenvalue weighted by Gasteiger charge is -2.11. The Morgan fingerprint density at radius 1 is 1.06 bits per heavy atom. The van der Waals surface area contributed by atoms with Crippen molar-refractivity contribution in [1.29, 1.82) is 0 Å². The largest absolute Gasteiger partial charge is 0.455 e. The van der Waals surface area contributed by atoms with Crippen LogP contribution in [0.4, 0.5) is 5.69 Å². The van der Waals surface area contributed by atoms with Crippen molar-refractivity contribution in [2.45, 2.75) is 0 Å². The molecule has 2 rings (SSSR count). The van der Waals surface area contributed by atoms with Gasteiger partial charge < -0.3 is 10.5 Å². The molecular formula is C12H7BrCl2INO. The molecule has 0 aliphatic rings. The normalized spacial score (nSPS) is 10.4. The first-order chi connectivity index (χ1) is 8.47. The van der Waals surface area contributed by atoms with Crippen molar-refractivity contribution in [1.82, 2.24) is 0 Å². The van der Waals surface area contributed by atoms with E-state index in [9.17, 15) is 0 Å². The molecule has 0 spiro atoms. The van der Waals surface area contributed by atoms with Gasteiger partial charge in [-0.05, 0) is 62.8 Å².